The van der Waals surface area contributed by atoms with Crippen LogP contribution in [0.4, 0.5) is 4.39 Å². The summed E-state index contributed by atoms with van der Waals surface area (Å²) in [4.78, 5) is 20.8. The summed E-state index contributed by atoms with van der Waals surface area (Å²) in [6.07, 6.45) is 1.68. The Morgan fingerprint density at radius 3 is 2.78 bits per heavy atom. The Kier molecular flexibility index (Phi) is 4.61. The molecular formula is C17H18FN3OS. The van der Waals surface area contributed by atoms with Gasteiger partial charge in [-0.2, -0.15) is 0 Å². The van der Waals surface area contributed by atoms with Crippen molar-refractivity contribution in [2.24, 2.45) is 0 Å². The molecule has 23 heavy (non-hydrogen) atoms. The van der Waals surface area contributed by atoms with Crippen molar-refractivity contribution < 1.29 is 9.18 Å². The van der Waals surface area contributed by atoms with Gasteiger partial charge in [-0.3, -0.25) is 4.79 Å². The van der Waals surface area contributed by atoms with Crippen LogP contribution in [-0.2, 0) is 11.2 Å². The molecule has 120 valence electrons. The van der Waals surface area contributed by atoms with Crippen molar-refractivity contribution >= 4 is 17.7 Å². The summed E-state index contributed by atoms with van der Waals surface area (Å²) in [6.45, 7) is 3.81. The zero-order valence-corrected chi connectivity index (χ0v) is 13.9. The SMILES string of the molecule is Cc1cc(C)nc(SCC(=O)NC2CCc3ccc(F)cc32)n1. The highest BCUT2D eigenvalue weighted by atomic mass is 32.2. The average molecular weight is 331 g/mol. The van der Waals surface area contributed by atoms with Crippen molar-refractivity contribution in [3.63, 3.8) is 0 Å². The Morgan fingerprint density at radius 1 is 1.30 bits per heavy atom. The lowest BCUT2D eigenvalue weighted by Gasteiger charge is -2.14. The second-order valence-electron chi connectivity index (χ2n) is 5.72. The summed E-state index contributed by atoms with van der Waals surface area (Å²) in [5.74, 6) is -0.0906. The summed E-state index contributed by atoms with van der Waals surface area (Å²) in [5, 5.41) is 3.59. The lowest BCUT2D eigenvalue weighted by atomic mass is 10.1. The molecule has 0 spiro atoms. The molecule has 4 nitrogen and oxygen atoms in total. The molecular weight excluding hydrogens is 313 g/mol. The van der Waals surface area contributed by atoms with Gasteiger partial charge in [-0.15, -0.1) is 0 Å². The number of halogens is 1. The molecule has 2 aromatic rings. The van der Waals surface area contributed by atoms with Gasteiger partial charge < -0.3 is 5.32 Å². The fourth-order valence-electron chi connectivity index (χ4n) is 2.85. The minimum Gasteiger partial charge on any atom is -0.349 e. The first kappa shape index (κ1) is 15.9. The number of carbonyl (C=O) groups is 1. The second-order valence-corrected chi connectivity index (χ2v) is 6.67. The highest BCUT2D eigenvalue weighted by Crippen LogP contribution is 2.31. The molecule has 0 saturated carbocycles. The van der Waals surface area contributed by atoms with E-state index in [9.17, 15) is 9.18 Å². The van der Waals surface area contributed by atoms with Crippen LogP contribution in [0.2, 0.25) is 0 Å². The van der Waals surface area contributed by atoms with E-state index in [-0.39, 0.29) is 23.5 Å². The molecule has 1 aromatic heterocycles. The van der Waals surface area contributed by atoms with Crippen LogP contribution in [0.5, 0.6) is 0 Å². The molecule has 0 radical (unpaired) electrons. The monoisotopic (exact) mass is 331 g/mol. The van der Waals surface area contributed by atoms with Gasteiger partial charge in [0.1, 0.15) is 5.82 Å². The predicted octanol–water partition coefficient (Wildman–Crippen LogP) is 3.13. The standard InChI is InChI=1S/C17H18FN3OS/c1-10-7-11(2)20-17(19-10)23-9-16(22)21-15-6-4-12-3-5-13(18)8-14(12)15/h3,5,7-8,15H,4,6,9H2,1-2H3,(H,21,22). The number of hydrogen-bond acceptors (Lipinski definition) is 4. The molecule has 1 N–H and O–H groups in total. The number of hydrogen-bond donors (Lipinski definition) is 1. The summed E-state index contributed by atoms with van der Waals surface area (Å²) in [6, 6.07) is 6.58. The number of aromatic nitrogens is 2. The smallest absolute Gasteiger partial charge is 0.230 e. The topological polar surface area (TPSA) is 54.9 Å². The maximum Gasteiger partial charge on any atom is 0.230 e. The normalized spacial score (nSPS) is 16.2. The molecule has 1 amide bonds. The van der Waals surface area contributed by atoms with E-state index in [1.165, 1.54) is 23.9 Å². The van der Waals surface area contributed by atoms with Crippen molar-refractivity contribution in [3.8, 4) is 0 Å². The number of fused-ring (bicyclic) bond motifs is 1. The molecule has 1 unspecified atom stereocenters. The minimum atomic E-state index is -0.261. The van der Waals surface area contributed by atoms with E-state index in [0.29, 0.717) is 5.16 Å². The number of nitrogens with zero attached hydrogens (tertiary/aromatic N) is 2. The van der Waals surface area contributed by atoms with E-state index >= 15 is 0 Å². The number of benzene rings is 1. The first-order valence-electron chi connectivity index (χ1n) is 7.54. The van der Waals surface area contributed by atoms with Crippen LogP contribution in [0.3, 0.4) is 0 Å². The van der Waals surface area contributed by atoms with Crippen molar-refractivity contribution in [2.75, 3.05) is 5.75 Å². The first-order chi connectivity index (χ1) is 11.0. The fourth-order valence-corrected chi connectivity index (χ4v) is 3.61. The number of nitrogens with one attached hydrogen (secondary N) is 1. The average Bonchev–Trinajstić information content (AvgIpc) is 2.86. The zero-order chi connectivity index (χ0) is 16.4. The number of carbonyl (C=O) groups excluding carboxylic acids is 1. The molecule has 1 aromatic carbocycles. The summed E-state index contributed by atoms with van der Waals surface area (Å²) < 4.78 is 13.4. The third-order valence-electron chi connectivity index (χ3n) is 3.82. The highest BCUT2D eigenvalue weighted by molar-refractivity contribution is 7.99. The minimum absolute atomic E-state index is 0.0835. The van der Waals surface area contributed by atoms with Gasteiger partial charge in [0, 0.05) is 11.4 Å². The summed E-state index contributed by atoms with van der Waals surface area (Å²) in [7, 11) is 0. The predicted molar refractivity (Wildman–Crippen MR) is 87.8 cm³/mol. The van der Waals surface area contributed by atoms with Crippen LogP contribution < -0.4 is 5.32 Å². The lowest BCUT2D eigenvalue weighted by Crippen LogP contribution is -2.28. The summed E-state index contributed by atoms with van der Waals surface area (Å²) >= 11 is 1.32. The maximum absolute atomic E-state index is 13.4. The third kappa shape index (κ3) is 3.88. The molecule has 1 atom stereocenters. The molecule has 0 bridgehead atoms. The molecule has 0 saturated heterocycles. The number of thioether (sulfide) groups is 1. The van der Waals surface area contributed by atoms with Gasteiger partial charge in [0.25, 0.3) is 0 Å². The largest absolute Gasteiger partial charge is 0.349 e. The van der Waals surface area contributed by atoms with Crippen LogP contribution in [0.15, 0.2) is 29.4 Å². The van der Waals surface area contributed by atoms with E-state index in [2.05, 4.69) is 15.3 Å². The van der Waals surface area contributed by atoms with Gasteiger partial charge in [0.05, 0.1) is 11.8 Å². The molecule has 1 aliphatic carbocycles. The van der Waals surface area contributed by atoms with Crippen LogP contribution in [-0.4, -0.2) is 21.6 Å². The van der Waals surface area contributed by atoms with E-state index in [0.717, 1.165) is 35.4 Å². The van der Waals surface area contributed by atoms with Crippen molar-refractivity contribution in [1.82, 2.24) is 15.3 Å². The Hall–Kier alpha value is -1.95. The van der Waals surface area contributed by atoms with E-state index < -0.39 is 0 Å². The fraction of sp³-hybridized carbons (Fsp3) is 0.353. The van der Waals surface area contributed by atoms with Crippen molar-refractivity contribution in [2.45, 2.75) is 37.9 Å². The van der Waals surface area contributed by atoms with Gasteiger partial charge in [0.15, 0.2) is 5.16 Å². The Balaban J connectivity index is 1.60. The zero-order valence-electron chi connectivity index (χ0n) is 13.1. The van der Waals surface area contributed by atoms with Crippen molar-refractivity contribution in [1.29, 1.82) is 0 Å². The number of aryl methyl sites for hydroxylation is 3. The molecule has 0 fully saturated rings. The van der Waals surface area contributed by atoms with Crippen LogP contribution in [0, 0.1) is 19.7 Å². The van der Waals surface area contributed by atoms with E-state index in [4.69, 9.17) is 0 Å². The Morgan fingerprint density at radius 2 is 2.04 bits per heavy atom. The molecule has 3 rings (SSSR count). The summed E-state index contributed by atoms with van der Waals surface area (Å²) in [5.41, 5.74) is 3.79. The van der Waals surface area contributed by atoms with Crippen LogP contribution in [0.1, 0.15) is 35.0 Å². The van der Waals surface area contributed by atoms with Gasteiger partial charge in [0.2, 0.25) is 5.91 Å². The van der Waals surface area contributed by atoms with E-state index in [1.54, 1.807) is 6.07 Å². The number of amides is 1. The molecule has 6 heteroatoms. The molecule has 0 aliphatic heterocycles. The van der Waals surface area contributed by atoms with Gasteiger partial charge >= 0.3 is 0 Å². The third-order valence-corrected chi connectivity index (χ3v) is 4.66. The lowest BCUT2D eigenvalue weighted by molar-refractivity contribution is -0.119. The Bertz CT molecular complexity index is 730. The number of rotatable bonds is 4. The van der Waals surface area contributed by atoms with Crippen LogP contribution in [0.25, 0.3) is 0 Å². The van der Waals surface area contributed by atoms with Crippen LogP contribution >= 0.6 is 11.8 Å². The highest BCUT2D eigenvalue weighted by Gasteiger charge is 2.24. The second kappa shape index (κ2) is 6.66. The quantitative estimate of drug-likeness (QED) is 0.691. The maximum atomic E-state index is 13.4. The molecule has 1 aliphatic rings. The van der Waals surface area contributed by atoms with Gasteiger partial charge in [-0.25, -0.2) is 14.4 Å². The molecule has 1 heterocycles. The van der Waals surface area contributed by atoms with Gasteiger partial charge in [-0.1, -0.05) is 17.8 Å². The van der Waals surface area contributed by atoms with Crippen molar-refractivity contribution in [3.05, 3.63) is 52.6 Å². The van der Waals surface area contributed by atoms with E-state index in [1.807, 2.05) is 19.9 Å². The van der Waals surface area contributed by atoms with Gasteiger partial charge in [-0.05, 0) is 56.0 Å². The Labute approximate surface area is 138 Å². The first-order valence-corrected chi connectivity index (χ1v) is 8.52.